The Bertz CT molecular complexity index is 527. The lowest BCUT2D eigenvalue weighted by molar-refractivity contribution is -0.149. The van der Waals surface area contributed by atoms with Crippen molar-refractivity contribution in [1.29, 1.82) is 0 Å². The van der Waals surface area contributed by atoms with Crippen LogP contribution >= 0.6 is 0 Å². The van der Waals surface area contributed by atoms with Gasteiger partial charge in [-0.3, -0.25) is 14.5 Å². The summed E-state index contributed by atoms with van der Waals surface area (Å²) in [7, 11) is 0. The number of para-hydroxylation sites is 1. The summed E-state index contributed by atoms with van der Waals surface area (Å²) in [5.41, 5.74) is -1.80. The average Bonchev–Trinajstić information content (AvgIpc) is 2.40. The maximum absolute atomic E-state index is 13.4. The first-order valence-electron chi connectivity index (χ1n) is 6.42. The molecule has 0 spiro atoms. The molecular weight excluding hydrogens is 282 g/mol. The third-order valence-corrected chi connectivity index (χ3v) is 3.26. The van der Waals surface area contributed by atoms with E-state index in [4.69, 9.17) is 5.11 Å². The number of likely N-dealkylation sites (N-methyl/N-ethyl adjacent to an activating group) is 1. The van der Waals surface area contributed by atoms with Gasteiger partial charge in [0.05, 0.1) is 6.54 Å². The lowest BCUT2D eigenvalue weighted by atomic mass is 10.0. The van der Waals surface area contributed by atoms with E-state index in [2.05, 4.69) is 5.32 Å². The number of hydrogen-bond acceptors (Lipinski definition) is 3. The first-order valence-corrected chi connectivity index (χ1v) is 6.42. The van der Waals surface area contributed by atoms with Crippen molar-refractivity contribution in [1.82, 2.24) is 4.90 Å². The number of carboxylic acid groups (broad SMARTS) is 1. The molecule has 0 fully saturated rings. The van der Waals surface area contributed by atoms with Gasteiger partial charge < -0.3 is 10.4 Å². The minimum atomic E-state index is -1.26. The minimum absolute atomic E-state index is 0.288. The predicted octanol–water partition coefficient (Wildman–Crippen LogP) is 2.09. The van der Waals surface area contributed by atoms with Crippen LogP contribution in [-0.4, -0.2) is 40.5 Å². The van der Waals surface area contributed by atoms with Crippen molar-refractivity contribution in [2.45, 2.75) is 26.3 Å². The predicted molar refractivity (Wildman–Crippen MR) is 73.9 cm³/mol. The molecule has 5 nitrogen and oxygen atoms in total. The minimum Gasteiger partial charge on any atom is -0.480 e. The number of carboxylic acids is 1. The van der Waals surface area contributed by atoms with Gasteiger partial charge in [-0.1, -0.05) is 13.0 Å². The van der Waals surface area contributed by atoms with E-state index < -0.39 is 34.7 Å². The SMILES string of the molecule is CCN(CC(=O)Nc1c(F)cccc1F)C(C)(C)C(=O)O. The molecular formula is C14H18F2N2O3. The van der Waals surface area contributed by atoms with Crippen LogP contribution in [0.5, 0.6) is 0 Å². The molecule has 0 aromatic heterocycles. The van der Waals surface area contributed by atoms with E-state index in [0.717, 1.165) is 12.1 Å². The van der Waals surface area contributed by atoms with Crippen molar-refractivity contribution in [3.63, 3.8) is 0 Å². The monoisotopic (exact) mass is 300 g/mol. The summed E-state index contributed by atoms with van der Waals surface area (Å²) in [6, 6.07) is 3.24. The fraction of sp³-hybridized carbons (Fsp3) is 0.429. The summed E-state index contributed by atoms with van der Waals surface area (Å²) >= 11 is 0. The van der Waals surface area contributed by atoms with Crippen LogP contribution in [0.25, 0.3) is 0 Å². The molecule has 0 aliphatic heterocycles. The van der Waals surface area contributed by atoms with E-state index in [1.165, 1.54) is 24.8 Å². The summed E-state index contributed by atoms with van der Waals surface area (Å²) in [6.07, 6.45) is 0. The van der Waals surface area contributed by atoms with Crippen molar-refractivity contribution < 1.29 is 23.5 Å². The Morgan fingerprint density at radius 2 is 1.81 bits per heavy atom. The van der Waals surface area contributed by atoms with E-state index >= 15 is 0 Å². The standard InChI is InChI=1S/C14H18F2N2O3/c1-4-18(14(2,3)13(20)21)8-11(19)17-12-9(15)6-5-7-10(12)16/h5-7H,4,8H2,1-3H3,(H,17,19)(H,20,21). The number of carbonyl (C=O) groups excluding carboxylic acids is 1. The van der Waals surface area contributed by atoms with Crippen LogP contribution in [0.3, 0.4) is 0 Å². The Morgan fingerprint density at radius 3 is 2.24 bits per heavy atom. The van der Waals surface area contributed by atoms with Gasteiger partial charge in [0.2, 0.25) is 5.91 Å². The zero-order chi connectivity index (χ0) is 16.2. The largest absolute Gasteiger partial charge is 0.480 e. The maximum Gasteiger partial charge on any atom is 0.323 e. The summed E-state index contributed by atoms with van der Waals surface area (Å²) in [5.74, 6) is -3.54. The van der Waals surface area contributed by atoms with Crippen LogP contribution < -0.4 is 5.32 Å². The van der Waals surface area contributed by atoms with E-state index in [1.807, 2.05) is 0 Å². The number of benzene rings is 1. The highest BCUT2D eigenvalue weighted by molar-refractivity contribution is 5.93. The second-order valence-electron chi connectivity index (χ2n) is 5.02. The number of hydrogen-bond donors (Lipinski definition) is 2. The summed E-state index contributed by atoms with van der Waals surface area (Å²) in [5, 5.41) is 11.3. The van der Waals surface area contributed by atoms with Crippen LogP contribution in [0.1, 0.15) is 20.8 Å². The maximum atomic E-state index is 13.4. The molecule has 2 N–H and O–H groups in total. The van der Waals surface area contributed by atoms with Crippen LogP contribution in [0.4, 0.5) is 14.5 Å². The van der Waals surface area contributed by atoms with E-state index in [-0.39, 0.29) is 6.54 Å². The number of aliphatic carboxylic acids is 1. The number of halogens is 2. The molecule has 7 heteroatoms. The van der Waals surface area contributed by atoms with Gasteiger partial charge in [0.15, 0.2) is 0 Å². The third kappa shape index (κ3) is 3.98. The summed E-state index contributed by atoms with van der Waals surface area (Å²) in [4.78, 5) is 24.4. The smallest absolute Gasteiger partial charge is 0.323 e. The second-order valence-corrected chi connectivity index (χ2v) is 5.02. The van der Waals surface area contributed by atoms with Crippen molar-refractivity contribution in [3.8, 4) is 0 Å². The van der Waals surface area contributed by atoms with Gasteiger partial charge in [-0.05, 0) is 32.5 Å². The molecule has 0 unspecified atom stereocenters. The molecule has 1 rings (SSSR count). The molecule has 0 saturated heterocycles. The first-order chi connectivity index (χ1) is 9.70. The quantitative estimate of drug-likeness (QED) is 0.844. The Kier molecular flexibility index (Phi) is 5.37. The van der Waals surface area contributed by atoms with Gasteiger partial charge in [-0.15, -0.1) is 0 Å². The Hall–Kier alpha value is -2.02. The van der Waals surface area contributed by atoms with E-state index in [9.17, 15) is 18.4 Å². The molecule has 0 bridgehead atoms. The topological polar surface area (TPSA) is 69.6 Å². The molecule has 0 aliphatic rings. The Morgan fingerprint density at radius 1 is 1.29 bits per heavy atom. The van der Waals surface area contributed by atoms with Crippen molar-refractivity contribution in [2.24, 2.45) is 0 Å². The van der Waals surface area contributed by atoms with E-state index in [1.54, 1.807) is 6.92 Å². The number of anilines is 1. The normalized spacial score (nSPS) is 11.5. The number of amides is 1. The third-order valence-electron chi connectivity index (χ3n) is 3.26. The highest BCUT2D eigenvalue weighted by Gasteiger charge is 2.34. The van der Waals surface area contributed by atoms with Crippen LogP contribution in [0.2, 0.25) is 0 Å². The van der Waals surface area contributed by atoms with Crippen molar-refractivity contribution >= 4 is 17.6 Å². The molecule has 1 amide bonds. The Balaban J connectivity index is 2.83. The summed E-state index contributed by atoms with van der Waals surface area (Å²) < 4.78 is 26.9. The molecule has 0 aliphatic carbocycles. The van der Waals surface area contributed by atoms with Crippen LogP contribution in [0, 0.1) is 11.6 Å². The molecule has 21 heavy (non-hydrogen) atoms. The number of carbonyl (C=O) groups is 2. The molecule has 116 valence electrons. The zero-order valence-electron chi connectivity index (χ0n) is 12.1. The number of nitrogens with one attached hydrogen (secondary N) is 1. The van der Waals surface area contributed by atoms with Gasteiger partial charge in [-0.25, -0.2) is 8.78 Å². The molecule has 0 atom stereocenters. The highest BCUT2D eigenvalue weighted by atomic mass is 19.1. The van der Waals surface area contributed by atoms with Gasteiger partial charge >= 0.3 is 5.97 Å². The highest BCUT2D eigenvalue weighted by Crippen LogP contribution is 2.19. The second kappa shape index (κ2) is 6.62. The lowest BCUT2D eigenvalue weighted by Crippen LogP contribution is -2.52. The fourth-order valence-electron chi connectivity index (χ4n) is 1.81. The van der Waals surface area contributed by atoms with Gasteiger partial charge in [0, 0.05) is 0 Å². The summed E-state index contributed by atoms with van der Waals surface area (Å²) in [6.45, 7) is 4.61. The van der Waals surface area contributed by atoms with Gasteiger partial charge in [-0.2, -0.15) is 0 Å². The number of rotatable bonds is 6. The van der Waals surface area contributed by atoms with Gasteiger partial charge in [0.25, 0.3) is 0 Å². The average molecular weight is 300 g/mol. The Labute approximate surface area is 121 Å². The van der Waals surface area contributed by atoms with Gasteiger partial charge in [0.1, 0.15) is 22.9 Å². The molecule has 1 aromatic carbocycles. The number of nitrogens with zero attached hydrogens (tertiary/aromatic N) is 1. The van der Waals surface area contributed by atoms with E-state index in [0.29, 0.717) is 6.54 Å². The zero-order valence-corrected chi connectivity index (χ0v) is 12.1. The van der Waals surface area contributed by atoms with Crippen molar-refractivity contribution in [2.75, 3.05) is 18.4 Å². The first kappa shape index (κ1) is 17.0. The molecule has 0 radical (unpaired) electrons. The van der Waals surface area contributed by atoms with Crippen LogP contribution in [-0.2, 0) is 9.59 Å². The lowest BCUT2D eigenvalue weighted by Gasteiger charge is -2.33. The molecule has 0 heterocycles. The van der Waals surface area contributed by atoms with Crippen molar-refractivity contribution in [3.05, 3.63) is 29.8 Å². The molecule has 1 aromatic rings. The fourth-order valence-corrected chi connectivity index (χ4v) is 1.81. The molecule has 0 saturated carbocycles. The van der Waals surface area contributed by atoms with Crippen LogP contribution in [0.15, 0.2) is 18.2 Å².